The van der Waals surface area contributed by atoms with Crippen molar-refractivity contribution in [2.45, 2.75) is 24.7 Å². The molecule has 0 bridgehead atoms. The quantitative estimate of drug-likeness (QED) is 0.855. The normalized spacial score (nSPS) is 16.5. The molecule has 1 fully saturated rings. The maximum absolute atomic E-state index is 12.8. The zero-order valence-electron chi connectivity index (χ0n) is 14.1. The highest BCUT2D eigenvalue weighted by Gasteiger charge is 2.28. The average Bonchev–Trinajstić information content (AvgIpc) is 2.62. The first-order valence-electron chi connectivity index (χ1n) is 8.23. The van der Waals surface area contributed by atoms with Gasteiger partial charge < -0.3 is 4.90 Å². The van der Waals surface area contributed by atoms with Gasteiger partial charge in [0.15, 0.2) is 0 Å². The van der Waals surface area contributed by atoms with Gasteiger partial charge in [-0.1, -0.05) is 26.0 Å². The van der Waals surface area contributed by atoms with Crippen LogP contribution >= 0.6 is 0 Å². The first-order valence-corrected chi connectivity index (χ1v) is 9.67. The van der Waals surface area contributed by atoms with Crippen molar-refractivity contribution in [3.63, 3.8) is 0 Å². The molecule has 0 N–H and O–H groups in total. The lowest BCUT2D eigenvalue weighted by Crippen LogP contribution is -2.48. The molecule has 0 amide bonds. The summed E-state index contributed by atoms with van der Waals surface area (Å²) >= 11 is 0. The predicted octanol–water partition coefficient (Wildman–Crippen LogP) is 2.72. The number of pyridine rings is 1. The van der Waals surface area contributed by atoms with Crippen molar-refractivity contribution in [3.05, 3.63) is 54.4 Å². The molecular weight excluding hydrogens is 322 g/mol. The lowest BCUT2D eigenvalue weighted by Gasteiger charge is -2.35. The zero-order chi connectivity index (χ0) is 17.2. The van der Waals surface area contributed by atoms with Crippen LogP contribution in [-0.2, 0) is 10.0 Å². The third-order valence-corrected chi connectivity index (χ3v) is 6.36. The number of rotatable bonds is 4. The van der Waals surface area contributed by atoms with Gasteiger partial charge in [-0.3, -0.25) is 4.98 Å². The molecule has 24 heavy (non-hydrogen) atoms. The van der Waals surface area contributed by atoms with Crippen LogP contribution in [0.1, 0.15) is 25.3 Å². The minimum absolute atomic E-state index is 0.379. The molecule has 1 aromatic carbocycles. The van der Waals surface area contributed by atoms with E-state index in [1.54, 1.807) is 28.8 Å². The van der Waals surface area contributed by atoms with Gasteiger partial charge in [0.2, 0.25) is 10.0 Å². The van der Waals surface area contributed by atoms with Gasteiger partial charge >= 0.3 is 0 Å². The molecule has 2 aromatic rings. The third-order valence-electron chi connectivity index (χ3n) is 4.45. The number of benzene rings is 1. The molecule has 0 spiro atoms. The Labute approximate surface area is 144 Å². The van der Waals surface area contributed by atoms with E-state index in [1.807, 2.05) is 24.3 Å². The van der Waals surface area contributed by atoms with E-state index in [1.165, 1.54) is 0 Å². The minimum Gasteiger partial charge on any atom is -0.369 e. The van der Waals surface area contributed by atoms with E-state index in [9.17, 15) is 8.42 Å². The van der Waals surface area contributed by atoms with Crippen molar-refractivity contribution in [1.82, 2.24) is 9.29 Å². The Bertz CT molecular complexity index is 766. The fourth-order valence-corrected chi connectivity index (χ4v) is 4.34. The number of hydrogen-bond acceptors (Lipinski definition) is 4. The topological polar surface area (TPSA) is 53.5 Å². The van der Waals surface area contributed by atoms with Crippen LogP contribution in [0.25, 0.3) is 0 Å². The van der Waals surface area contributed by atoms with E-state index in [2.05, 4.69) is 23.7 Å². The Kier molecular flexibility index (Phi) is 4.87. The van der Waals surface area contributed by atoms with Crippen LogP contribution in [0.3, 0.4) is 0 Å². The van der Waals surface area contributed by atoms with E-state index >= 15 is 0 Å². The molecule has 6 heteroatoms. The fraction of sp³-hybridized carbons (Fsp3) is 0.389. The van der Waals surface area contributed by atoms with Gasteiger partial charge in [-0.15, -0.1) is 0 Å². The molecule has 0 saturated carbocycles. The van der Waals surface area contributed by atoms with Gasteiger partial charge in [-0.05, 0) is 35.7 Å². The first-order chi connectivity index (χ1) is 11.5. The van der Waals surface area contributed by atoms with Crippen LogP contribution in [0.15, 0.2) is 53.7 Å². The highest BCUT2D eigenvalue weighted by molar-refractivity contribution is 7.89. The molecule has 3 rings (SSSR count). The van der Waals surface area contributed by atoms with Crippen LogP contribution in [0.2, 0.25) is 0 Å². The van der Waals surface area contributed by atoms with Gasteiger partial charge in [0.05, 0.1) is 4.90 Å². The molecule has 1 saturated heterocycles. The molecule has 0 atom stereocenters. The minimum atomic E-state index is -3.42. The molecule has 1 aliphatic heterocycles. The summed E-state index contributed by atoms with van der Waals surface area (Å²) in [6.45, 7) is 6.57. The molecule has 0 aliphatic carbocycles. The number of sulfonamides is 1. The summed E-state index contributed by atoms with van der Waals surface area (Å²) < 4.78 is 27.2. The summed E-state index contributed by atoms with van der Waals surface area (Å²) in [7, 11) is -3.42. The van der Waals surface area contributed by atoms with Crippen LogP contribution in [0, 0.1) is 0 Å². The molecule has 1 aromatic heterocycles. The average molecular weight is 345 g/mol. The van der Waals surface area contributed by atoms with E-state index in [0.29, 0.717) is 37.0 Å². The number of hydrogen-bond donors (Lipinski definition) is 0. The lowest BCUT2D eigenvalue weighted by molar-refractivity contribution is 0.385. The first kappa shape index (κ1) is 16.9. The summed E-state index contributed by atoms with van der Waals surface area (Å²) in [5.41, 5.74) is 2.24. The fourth-order valence-electron chi connectivity index (χ4n) is 2.92. The summed E-state index contributed by atoms with van der Waals surface area (Å²) in [5.74, 6) is 0.394. The highest BCUT2D eigenvalue weighted by Crippen LogP contribution is 2.22. The van der Waals surface area contributed by atoms with Crippen LogP contribution < -0.4 is 4.90 Å². The Morgan fingerprint density at radius 3 is 2.04 bits per heavy atom. The van der Waals surface area contributed by atoms with E-state index in [-0.39, 0.29) is 0 Å². The SMILES string of the molecule is CC(C)c1ccc(S(=O)(=O)N2CCN(c3ccncc3)CC2)cc1. The van der Waals surface area contributed by atoms with Crippen LogP contribution in [-0.4, -0.2) is 43.9 Å². The Hall–Kier alpha value is -1.92. The second-order valence-electron chi connectivity index (χ2n) is 6.32. The van der Waals surface area contributed by atoms with E-state index in [4.69, 9.17) is 0 Å². The largest absolute Gasteiger partial charge is 0.369 e. The summed E-state index contributed by atoms with van der Waals surface area (Å²) in [4.78, 5) is 6.59. The van der Waals surface area contributed by atoms with Crippen molar-refractivity contribution in [3.8, 4) is 0 Å². The van der Waals surface area contributed by atoms with Gasteiger partial charge in [0, 0.05) is 44.3 Å². The van der Waals surface area contributed by atoms with Crippen LogP contribution in [0.4, 0.5) is 5.69 Å². The number of piperazine rings is 1. The van der Waals surface area contributed by atoms with E-state index < -0.39 is 10.0 Å². The zero-order valence-corrected chi connectivity index (χ0v) is 14.9. The Morgan fingerprint density at radius 2 is 1.50 bits per heavy atom. The molecule has 0 unspecified atom stereocenters. The molecular formula is C18H23N3O2S. The van der Waals surface area contributed by atoms with Gasteiger partial charge in [0.1, 0.15) is 0 Å². The van der Waals surface area contributed by atoms with Crippen molar-refractivity contribution in [2.75, 3.05) is 31.1 Å². The van der Waals surface area contributed by atoms with Gasteiger partial charge in [0.25, 0.3) is 0 Å². The molecule has 128 valence electrons. The number of aromatic nitrogens is 1. The van der Waals surface area contributed by atoms with E-state index in [0.717, 1.165) is 11.3 Å². The molecule has 1 aliphatic rings. The smallest absolute Gasteiger partial charge is 0.243 e. The Balaban J connectivity index is 1.70. The summed E-state index contributed by atoms with van der Waals surface area (Å²) in [6.07, 6.45) is 3.52. The van der Waals surface area contributed by atoms with Gasteiger partial charge in [-0.25, -0.2) is 8.42 Å². The highest BCUT2D eigenvalue weighted by atomic mass is 32.2. The Morgan fingerprint density at radius 1 is 0.917 bits per heavy atom. The number of anilines is 1. The molecule has 0 radical (unpaired) electrons. The second kappa shape index (κ2) is 6.91. The summed E-state index contributed by atoms with van der Waals surface area (Å²) in [6, 6.07) is 11.2. The molecule has 2 heterocycles. The van der Waals surface area contributed by atoms with Crippen molar-refractivity contribution in [2.24, 2.45) is 0 Å². The van der Waals surface area contributed by atoms with Crippen molar-refractivity contribution < 1.29 is 8.42 Å². The molecule has 5 nitrogen and oxygen atoms in total. The predicted molar refractivity (Wildman–Crippen MR) is 95.7 cm³/mol. The van der Waals surface area contributed by atoms with Crippen LogP contribution in [0.5, 0.6) is 0 Å². The summed E-state index contributed by atoms with van der Waals surface area (Å²) in [5, 5.41) is 0. The standard InChI is InChI=1S/C18H23N3O2S/c1-15(2)16-3-5-18(6-4-16)24(22,23)21-13-11-20(12-14-21)17-7-9-19-10-8-17/h3-10,15H,11-14H2,1-2H3. The lowest BCUT2D eigenvalue weighted by atomic mass is 10.0. The van der Waals surface area contributed by atoms with Gasteiger partial charge in [-0.2, -0.15) is 4.31 Å². The maximum atomic E-state index is 12.8. The van der Waals surface area contributed by atoms with Crippen molar-refractivity contribution in [1.29, 1.82) is 0 Å². The number of nitrogens with zero attached hydrogens (tertiary/aromatic N) is 3. The monoisotopic (exact) mass is 345 g/mol. The second-order valence-corrected chi connectivity index (χ2v) is 8.26. The maximum Gasteiger partial charge on any atom is 0.243 e. The third kappa shape index (κ3) is 3.44. The van der Waals surface area contributed by atoms with Crippen molar-refractivity contribution >= 4 is 15.7 Å².